The number of aliphatic carboxylic acids is 1. The molecule has 0 aliphatic rings. The maximum atomic E-state index is 12.7. The largest absolute Gasteiger partial charge is 0.480 e. The van der Waals surface area contributed by atoms with E-state index in [2.05, 4.69) is 27.7 Å². The van der Waals surface area contributed by atoms with Crippen LogP contribution >= 0.6 is 11.8 Å². The average Bonchev–Trinajstić information content (AvgIpc) is 2.59. The third-order valence-corrected chi connectivity index (χ3v) is 6.94. The van der Waals surface area contributed by atoms with Crippen molar-refractivity contribution >= 4 is 23.7 Å². The van der Waals surface area contributed by atoms with Crippen molar-refractivity contribution < 1.29 is 19.4 Å². The average molecular weight is 432 g/mol. The van der Waals surface area contributed by atoms with Crippen molar-refractivity contribution in [2.45, 2.75) is 110 Å². The summed E-state index contributed by atoms with van der Waals surface area (Å²) in [7, 11) is 0. The SMILES string of the molecule is CCC(C)CCCC(C)CCCC(C)C(SC[C@H](N)C(=O)O)C(=O)OC(C)(C)C. The molecule has 0 aliphatic heterocycles. The summed E-state index contributed by atoms with van der Waals surface area (Å²) in [5.74, 6) is 0.511. The summed E-state index contributed by atoms with van der Waals surface area (Å²) in [6.45, 7) is 14.5. The van der Waals surface area contributed by atoms with E-state index in [0.717, 1.165) is 25.2 Å². The minimum absolute atomic E-state index is 0.114. The van der Waals surface area contributed by atoms with Crippen LogP contribution in [-0.2, 0) is 14.3 Å². The highest BCUT2D eigenvalue weighted by molar-refractivity contribution is 8.00. The molecule has 0 aliphatic carbocycles. The topological polar surface area (TPSA) is 89.6 Å². The van der Waals surface area contributed by atoms with E-state index in [4.69, 9.17) is 15.6 Å². The normalized spacial score (nSPS) is 17.2. The molecule has 0 aromatic carbocycles. The Balaban J connectivity index is 4.59. The van der Waals surface area contributed by atoms with Crippen molar-refractivity contribution in [3.8, 4) is 0 Å². The number of ether oxygens (including phenoxy) is 1. The molecule has 0 heterocycles. The van der Waals surface area contributed by atoms with Crippen molar-refractivity contribution in [3.05, 3.63) is 0 Å². The summed E-state index contributed by atoms with van der Waals surface area (Å²) in [5, 5.41) is 8.64. The molecule has 0 saturated carbocycles. The van der Waals surface area contributed by atoms with Crippen LogP contribution in [0.25, 0.3) is 0 Å². The van der Waals surface area contributed by atoms with E-state index in [-0.39, 0.29) is 22.9 Å². The van der Waals surface area contributed by atoms with Gasteiger partial charge in [0.25, 0.3) is 0 Å². The number of esters is 1. The van der Waals surface area contributed by atoms with Crippen LogP contribution in [0.15, 0.2) is 0 Å². The Hall–Kier alpha value is -0.750. The molecule has 0 amide bonds. The van der Waals surface area contributed by atoms with Gasteiger partial charge in [0, 0.05) is 5.75 Å². The van der Waals surface area contributed by atoms with Gasteiger partial charge in [-0.05, 0) is 44.9 Å². The molecular formula is C23H45NO4S. The highest BCUT2D eigenvalue weighted by atomic mass is 32.2. The van der Waals surface area contributed by atoms with Gasteiger partial charge < -0.3 is 15.6 Å². The quantitative estimate of drug-likeness (QED) is 0.333. The van der Waals surface area contributed by atoms with Gasteiger partial charge in [-0.3, -0.25) is 9.59 Å². The lowest BCUT2D eigenvalue weighted by Gasteiger charge is -2.27. The zero-order valence-corrected chi connectivity index (χ0v) is 20.5. The molecule has 4 unspecified atom stereocenters. The van der Waals surface area contributed by atoms with Gasteiger partial charge >= 0.3 is 11.9 Å². The fourth-order valence-electron chi connectivity index (χ4n) is 3.21. The van der Waals surface area contributed by atoms with E-state index in [1.165, 1.54) is 37.4 Å². The van der Waals surface area contributed by atoms with Gasteiger partial charge in [-0.25, -0.2) is 0 Å². The molecule has 0 rings (SSSR count). The van der Waals surface area contributed by atoms with Crippen molar-refractivity contribution in [1.82, 2.24) is 0 Å². The smallest absolute Gasteiger partial charge is 0.321 e. The van der Waals surface area contributed by atoms with Crippen molar-refractivity contribution in [2.75, 3.05) is 5.75 Å². The van der Waals surface area contributed by atoms with Gasteiger partial charge in [0.05, 0.1) is 0 Å². The summed E-state index contributed by atoms with van der Waals surface area (Å²) >= 11 is 1.31. The van der Waals surface area contributed by atoms with Crippen LogP contribution in [0.2, 0.25) is 0 Å². The number of carbonyl (C=O) groups is 2. The highest BCUT2D eigenvalue weighted by Crippen LogP contribution is 2.29. The highest BCUT2D eigenvalue weighted by Gasteiger charge is 2.31. The molecule has 0 aromatic heterocycles. The van der Waals surface area contributed by atoms with Gasteiger partial charge in [-0.2, -0.15) is 0 Å². The monoisotopic (exact) mass is 431 g/mol. The zero-order chi connectivity index (χ0) is 22.6. The first kappa shape index (κ1) is 28.2. The molecule has 5 atom stereocenters. The van der Waals surface area contributed by atoms with E-state index >= 15 is 0 Å². The third kappa shape index (κ3) is 14.0. The van der Waals surface area contributed by atoms with E-state index in [1.807, 2.05) is 20.8 Å². The van der Waals surface area contributed by atoms with Crippen molar-refractivity contribution in [2.24, 2.45) is 23.5 Å². The van der Waals surface area contributed by atoms with Gasteiger partial charge in [0.15, 0.2) is 0 Å². The second kappa shape index (κ2) is 14.3. The lowest BCUT2D eigenvalue weighted by atomic mass is 9.92. The molecular weight excluding hydrogens is 386 g/mol. The van der Waals surface area contributed by atoms with Crippen LogP contribution < -0.4 is 5.73 Å². The van der Waals surface area contributed by atoms with E-state index < -0.39 is 17.6 Å². The molecule has 0 fully saturated rings. The molecule has 172 valence electrons. The first-order valence-corrected chi connectivity index (χ1v) is 12.2. The van der Waals surface area contributed by atoms with Gasteiger partial charge in [0.1, 0.15) is 16.9 Å². The lowest BCUT2D eigenvalue weighted by molar-refractivity contribution is -0.155. The van der Waals surface area contributed by atoms with Crippen LogP contribution in [0, 0.1) is 17.8 Å². The molecule has 0 spiro atoms. The lowest BCUT2D eigenvalue weighted by Crippen LogP contribution is -2.37. The van der Waals surface area contributed by atoms with Crippen molar-refractivity contribution in [1.29, 1.82) is 0 Å². The van der Waals surface area contributed by atoms with Crippen LogP contribution in [0.1, 0.15) is 93.4 Å². The number of carboxylic acid groups (broad SMARTS) is 1. The van der Waals surface area contributed by atoms with Gasteiger partial charge in [-0.1, -0.05) is 66.2 Å². The van der Waals surface area contributed by atoms with Gasteiger partial charge in [0.2, 0.25) is 0 Å². The molecule has 5 nitrogen and oxygen atoms in total. The number of carboxylic acids is 1. The van der Waals surface area contributed by atoms with Crippen LogP contribution in [0.3, 0.4) is 0 Å². The van der Waals surface area contributed by atoms with E-state index in [9.17, 15) is 9.59 Å². The van der Waals surface area contributed by atoms with E-state index in [1.54, 1.807) is 0 Å². The first-order chi connectivity index (χ1) is 13.4. The Kier molecular flexibility index (Phi) is 13.9. The molecule has 0 aromatic rings. The second-order valence-corrected chi connectivity index (χ2v) is 10.9. The Labute approximate surface area is 182 Å². The predicted octanol–water partition coefficient (Wildman–Crippen LogP) is 5.50. The number of hydrogen-bond donors (Lipinski definition) is 2. The molecule has 6 heteroatoms. The first-order valence-electron chi connectivity index (χ1n) is 11.2. The molecule has 29 heavy (non-hydrogen) atoms. The molecule has 3 N–H and O–H groups in total. The number of rotatable bonds is 15. The summed E-state index contributed by atoms with van der Waals surface area (Å²) in [5.41, 5.74) is 5.08. The minimum Gasteiger partial charge on any atom is -0.480 e. The Bertz CT molecular complexity index is 478. The van der Waals surface area contributed by atoms with Crippen molar-refractivity contribution in [3.63, 3.8) is 0 Å². The third-order valence-electron chi connectivity index (χ3n) is 5.38. The number of carbonyl (C=O) groups excluding carboxylic acids is 1. The van der Waals surface area contributed by atoms with Crippen LogP contribution in [-0.4, -0.2) is 39.7 Å². The predicted molar refractivity (Wildman–Crippen MR) is 123 cm³/mol. The summed E-state index contributed by atoms with van der Waals surface area (Å²) < 4.78 is 5.58. The van der Waals surface area contributed by atoms with Crippen LogP contribution in [0.5, 0.6) is 0 Å². The maximum Gasteiger partial charge on any atom is 0.321 e. The zero-order valence-electron chi connectivity index (χ0n) is 19.7. The Morgan fingerprint density at radius 2 is 1.52 bits per heavy atom. The molecule has 0 bridgehead atoms. The van der Waals surface area contributed by atoms with Gasteiger partial charge in [-0.15, -0.1) is 11.8 Å². The van der Waals surface area contributed by atoms with Crippen LogP contribution in [0.4, 0.5) is 0 Å². The fraction of sp³-hybridized carbons (Fsp3) is 0.913. The molecule has 0 radical (unpaired) electrons. The van der Waals surface area contributed by atoms with E-state index in [0.29, 0.717) is 5.92 Å². The maximum absolute atomic E-state index is 12.7. The summed E-state index contributed by atoms with van der Waals surface area (Å²) in [4.78, 5) is 23.7. The summed E-state index contributed by atoms with van der Waals surface area (Å²) in [6, 6.07) is -0.970. The number of nitrogens with two attached hydrogens (primary N) is 1. The molecule has 0 saturated heterocycles. The number of thioether (sulfide) groups is 1. The fourth-order valence-corrected chi connectivity index (χ4v) is 4.41. The summed E-state index contributed by atoms with van der Waals surface area (Å²) in [6.07, 6.45) is 8.25. The number of hydrogen-bond acceptors (Lipinski definition) is 5. The Morgan fingerprint density at radius 1 is 1.00 bits per heavy atom. The minimum atomic E-state index is -1.04. The standard InChI is InChI=1S/C23H45NO4S/c1-8-16(2)11-9-12-17(3)13-10-14-18(4)20(22(27)28-23(5,6)7)29-15-19(24)21(25)26/h16-20H,8-15,24H2,1-7H3,(H,25,26)/t16?,17?,18?,19-,20?/m0/s1. The second-order valence-electron chi connectivity index (χ2n) is 9.69. The Morgan fingerprint density at radius 3 is 2.00 bits per heavy atom.